The van der Waals surface area contributed by atoms with Gasteiger partial charge < -0.3 is 10.5 Å². The highest BCUT2D eigenvalue weighted by Crippen LogP contribution is 2.29. The van der Waals surface area contributed by atoms with Crippen molar-refractivity contribution in [1.82, 2.24) is 10.9 Å². The summed E-state index contributed by atoms with van der Waals surface area (Å²) in [5.41, 5.74) is 14.8. The number of nitrogens with two attached hydrogens (primary N) is 1. The molecule has 2 unspecified atom stereocenters. The van der Waals surface area contributed by atoms with E-state index < -0.39 is 0 Å². The van der Waals surface area contributed by atoms with E-state index in [0.29, 0.717) is 0 Å². The molecule has 0 amide bonds. The molecule has 2 atom stereocenters. The van der Waals surface area contributed by atoms with Gasteiger partial charge in [-0.25, -0.2) is 5.43 Å². The van der Waals surface area contributed by atoms with Gasteiger partial charge in [0.15, 0.2) is 0 Å². The lowest BCUT2D eigenvalue weighted by atomic mass is 9.99. The first-order chi connectivity index (χ1) is 7.34. The molecule has 0 spiro atoms. The van der Waals surface area contributed by atoms with Crippen LogP contribution in [0.25, 0.3) is 0 Å². The Morgan fingerprint density at radius 3 is 3.13 bits per heavy atom. The van der Waals surface area contributed by atoms with Crippen LogP contribution in [0, 0.1) is 0 Å². The summed E-state index contributed by atoms with van der Waals surface area (Å²) in [7, 11) is 0. The first-order valence-electron chi connectivity index (χ1n) is 5.34. The summed E-state index contributed by atoms with van der Waals surface area (Å²) in [6, 6.07) is 6.70. The molecule has 15 heavy (non-hydrogen) atoms. The maximum Gasteiger partial charge on any atom is 0.122 e. The van der Waals surface area contributed by atoms with Crippen molar-refractivity contribution in [2.24, 2.45) is 5.73 Å². The first-order valence-corrected chi connectivity index (χ1v) is 5.34. The van der Waals surface area contributed by atoms with Gasteiger partial charge in [0.1, 0.15) is 5.75 Å². The van der Waals surface area contributed by atoms with Gasteiger partial charge in [-0.15, -0.1) is 0 Å². The van der Waals surface area contributed by atoms with Gasteiger partial charge in [-0.3, -0.25) is 5.43 Å². The van der Waals surface area contributed by atoms with Crippen LogP contribution >= 0.6 is 0 Å². The van der Waals surface area contributed by atoms with E-state index in [-0.39, 0.29) is 12.1 Å². The monoisotopic (exact) mass is 205 g/mol. The minimum absolute atomic E-state index is 0.144. The van der Waals surface area contributed by atoms with E-state index in [1.165, 1.54) is 11.1 Å². The van der Waals surface area contributed by atoms with Crippen LogP contribution in [-0.2, 0) is 6.42 Å². The van der Waals surface area contributed by atoms with Crippen LogP contribution in [0.4, 0.5) is 0 Å². The van der Waals surface area contributed by atoms with Gasteiger partial charge in [0, 0.05) is 19.0 Å². The Kier molecular flexibility index (Phi) is 2.12. The van der Waals surface area contributed by atoms with E-state index >= 15 is 0 Å². The lowest BCUT2D eigenvalue weighted by Gasteiger charge is -2.15. The molecule has 2 heterocycles. The molecule has 0 aromatic heterocycles. The smallest absolute Gasteiger partial charge is 0.122 e. The summed E-state index contributed by atoms with van der Waals surface area (Å²) in [6.07, 6.45) is 1.01. The molecule has 0 radical (unpaired) electrons. The summed E-state index contributed by atoms with van der Waals surface area (Å²) >= 11 is 0. The number of hydrazine groups is 1. The van der Waals surface area contributed by atoms with Crippen LogP contribution in [0.1, 0.15) is 17.2 Å². The highest BCUT2D eigenvalue weighted by Gasteiger charge is 2.25. The molecule has 1 fully saturated rings. The number of benzene rings is 1. The van der Waals surface area contributed by atoms with Crippen molar-refractivity contribution in [3.05, 3.63) is 29.3 Å². The van der Waals surface area contributed by atoms with Crippen molar-refractivity contribution >= 4 is 0 Å². The molecule has 4 N–H and O–H groups in total. The second-order valence-electron chi connectivity index (χ2n) is 4.13. The van der Waals surface area contributed by atoms with E-state index in [0.717, 1.165) is 25.3 Å². The van der Waals surface area contributed by atoms with Crippen LogP contribution in [0.2, 0.25) is 0 Å². The molecule has 3 rings (SSSR count). The van der Waals surface area contributed by atoms with Gasteiger partial charge in [-0.1, -0.05) is 12.1 Å². The normalized spacial score (nSPS) is 28.9. The summed E-state index contributed by atoms with van der Waals surface area (Å²) in [5.74, 6) is 1.03. The molecular weight excluding hydrogens is 190 g/mol. The van der Waals surface area contributed by atoms with Crippen molar-refractivity contribution in [3.8, 4) is 5.75 Å². The molecule has 4 heteroatoms. The molecule has 0 aliphatic carbocycles. The molecule has 1 saturated heterocycles. The molecular formula is C11H15N3O. The zero-order valence-electron chi connectivity index (χ0n) is 8.49. The van der Waals surface area contributed by atoms with Gasteiger partial charge in [0.2, 0.25) is 0 Å². The Labute approximate surface area is 88.8 Å². The van der Waals surface area contributed by atoms with Crippen molar-refractivity contribution in [1.29, 1.82) is 0 Å². The minimum atomic E-state index is 0.144. The number of hydrogen-bond acceptors (Lipinski definition) is 4. The van der Waals surface area contributed by atoms with Crippen LogP contribution in [-0.4, -0.2) is 19.2 Å². The lowest BCUT2D eigenvalue weighted by molar-refractivity contribution is 0.356. The van der Waals surface area contributed by atoms with Crippen molar-refractivity contribution in [2.45, 2.75) is 18.5 Å². The number of rotatable bonds is 1. The number of hydrogen-bond donors (Lipinski definition) is 3. The summed E-state index contributed by atoms with van der Waals surface area (Å²) in [5, 5.41) is 0. The molecule has 2 aliphatic heterocycles. The Morgan fingerprint density at radius 2 is 2.33 bits per heavy atom. The van der Waals surface area contributed by atoms with Crippen molar-refractivity contribution in [2.75, 3.05) is 13.2 Å². The topological polar surface area (TPSA) is 59.3 Å². The van der Waals surface area contributed by atoms with Crippen molar-refractivity contribution < 1.29 is 4.74 Å². The molecule has 1 aromatic rings. The molecule has 4 nitrogen and oxygen atoms in total. The average molecular weight is 205 g/mol. The SMILES string of the molecule is NC1CNNC1c1ccc2c(c1)CCO2. The fourth-order valence-corrected chi connectivity index (χ4v) is 2.24. The highest BCUT2D eigenvalue weighted by molar-refractivity contribution is 5.41. The quantitative estimate of drug-likeness (QED) is 0.608. The van der Waals surface area contributed by atoms with Gasteiger partial charge in [0.05, 0.1) is 12.6 Å². The van der Waals surface area contributed by atoms with E-state index in [1.807, 2.05) is 6.07 Å². The van der Waals surface area contributed by atoms with E-state index in [9.17, 15) is 0 Å². The predicted molar refractivity (Wildman–Crippen MR) is 57.5 cm³/mol. The number of ether oxygens (including phenoxy) is 1. The largest absolute Gasteiger partial charge is 0.493 e. The van der Waals surface area contributed by atoms with Crippen molar-refractivity contribution in [3.63, 3.8) is 0 Å². The average Bonchev–Trinajstić information content (AvgIpc) is 2.84. The predicted octanol–water partition coefficient (Wildman–Crippen LogP) is 0.0977. The summed E-state index contributed by atoms with van der Waals surface area (Å²) in [6.45, 7) is 1.62. The van der Waals surface area contributed by atoms with E-state index in [4.69, 9.17) is 10.5 Å². The Balaban J connectivity index is 1.92. The van der Waals surface area contributed by atoms with E-state index in [2.05, 4.69) is 23.0 Å². The molecule has 0 saturated carbocycles. The number of fused-ring (bicyclic) bond motifs is 1. The Hall–Kier alpha value is -1.10. The molecule has 0 bridgehead atoms. The summed E-state index contributed by atoms with van der Waals surface area (Å²) < 4.78 is 5.48. The van der Waals surface area contributed by atoms with Crippen LogP contribution in [0.3, 0.4) is 0 Å². The number of nitrogens with one attached hydrogen (secondary N) is 2. The van der Waals surface area contributed by atoms with Gasteiger partial charge in [-0.2, -0.15) is 0 Å². The van der Waals surface area contributed by atoms with Crippen LogP contribution < -0.4 is 21.3 Å². The fourth-order valence-electron chi connectivity index (χ4n) is 2.24. The second kappa shape index (κ2) is 3.48. The standard InChI is InChI=1S/C11H15N3O/c12-9-6-13-14-11(9)8-1-2-10-7(5-8)3-4-15-10/h1-2,5,9,11,13-14H,3-4,6,12H2. The van der Waals surface area contributed by atoms with Crippen LogP contribution in [0.5, 0.6) is 5.75 Å². The van der Waals surface area contributed by atoms with Crippen LogP contribution in [0.15, 0.2) is 18.2 Å². The Morgan fingerprint density at radius 1 is 1.40 bits per heavy atom. The minimum Gasteiger partial charge on any atom is -0.493 e. The lowest BCUT2D eigenvalue weighted by Crippen LogP contribution is -2.29. The fraction of sp³-hybridized carbons (Fsp3) is 0.455. The maximum atomic E-state index is 6.00. The second-order valence-corrected chi connectivity index (χ2v) is 4.13. The van der Waals surface area contributed by atoms with Gasteiger partial charge >= 0.3 is 0 Å². The maximum absolute atomic E-state index is 6.00. The third kappa shape index (κ3) is 1.51. The third-order valence-corrected chi connectivity index (χ3v) is 3.10. The van der Waals surface area contributed by atoms with Gasteiger partial charge in [-0.05, 0) is 17.2 Å². The zero-order valence-corrected chi connectivity index (χ0v) is 8.49. The molecule has 1 aromatic carbocycles. The molecule has 80 valence electrons. The summed E-state index contributed by atoms with van der Waals surface area (Å²) in [4.78, 5) is 0. The first kappa shape index (κ1) is 9.15. The third-order valence-electron chi connectivity index (χ3n) is 3.10. The zero-order chi connectivity index (χ0) is 10.3. The Bertz CT molecular complexity index is 380. The molecule has 2 aliphatic rings. The highest BCUT2D eigenvalue weighted by atomic mass is 16.5. The van der Waals surface area contributed by atoms with E-state index in [1.54, 1.807) is 0 Å². The van der Waals surface area contributed by atoms with Gasteiger partial charge in [0.25, 0.3) is 0 Å².